The Morgan fingerprint density at radius 3 is 2.48 bits per heavy atom. The van der Waals surface area contributed by atoms with E-state index in [0.29, 0.717) is 9.90 Å². The maximum absolute atomic E-state index is 12.1. The molecule has 0 spiro atoms. The number of sulfonamides is 1. The third kappa shape index (κ3) is 3.29. The van der Waals surface area contributed by atoms with E-state index >= 15 is 0 Å². The number of carboxylic acids is 1. The average Bonchev–Trinajstić information content (AvgIpc) is 2.69. The molecule has 1 aromatic carbocycles. The van der Waals surface area contributed by atoms with Crippen molar-refractivity contribution in [1.29, 1.82) is 0 Å². The van der Waals surface area contributed by atoms with E-state index < -0.39 is 21.7 Å². The number of nitrogens with one attached hydrogen (secondary N) is 1. The summed E-state index contributed by atoms with van der Waals surface area (Å²) in [7, 11) is -3.84. The minimum Gasteiger partial charge on any atom is -0.507 e. The number of anilines is 1. The number of hydrogen-bond acceptors (Lipinski definition) is 5. The molecule has 0 radical (unpaired) electrons. The van der Waals surface area contributed by atoms with Crippen LogP contribution in [0.1, 0.15) is 15.9 Å². The van der Waals surface area contributed by atoms with Crippen molar-refractivity contribution in [2.75, 3.05) is 4.72 Å². The molecule has 0 aliphatic heterocycles. The molecule has 0 atom stereocenters. The lowest BCUT2D eigenvalue weighted by atomic mass is 10.2. The number of aryl methyl sites for hydroxylation is 1. The highest BCUT2D eigenvalue weighted by atomic mass is 35.5. The van der Waals surface area contributed by atoms with E-state index in [-0.39, 0.29) is 15.5 Å². The van der Waals surface area contributed by atoms with Gasteiger partial charge in [-0.25, -0.2) is 13.2 Å². The molecule has 21 heavy (non-hydrogen) atoms. The summed E-state index contributed by atoms with van der Waals surface area (Å²) in [6, 6.07) is 4.83. The number of aromatic hydroxyl groups is 1. The monoisotopic (exact) mass is 347 g/mol. The van der Waals surface area contributed by atoms with Crippen LogP contribution in [-0.4, -0.2) is 24.6 Å². The molecule has 1 heterocycles. The molecular weight excluding hydrogens is 338 g/mol. The minimum absolute atomic E-state index is 0.0341. The molecule has 9 heteroatoms. The topological polar surface area (TPSA) is 104 Å². The van der Waals surface area contributed by atoms with Crippen molar-refractivity contribution in [1.82, 2.24) is 0 Å². The fourth-order valence-corrected chi connectivity index (χ4v) is 4.30. The van der Waals surface area contributed by atoms with E-state index in [1.807, 2.05) is 0 Å². The van der Waals surface area contributed by atoms with E-state index in [2.05, 4.69) is 4.72 Å². The first-order chi connectivity index (χ1) is 9.70. The summed E-state index contributed by atoms with van der Waals surface area (Å²) >= 11 is 6.75. The number of rotatable bonds is 4. The van der Waals surface area contributed by atoms with Gasteiger partial charge in [0.2, 0.25) is 0 Å². The Labute approximate surface area is 129 Å². The number of carboxylic acid groups (broad SMARTS) is 1. The fourth-order valence-electron chi connectivity index (χ4n) is 1.55. The molecule has 0 saturated carbocycles. The van der Waals surface area contributed by atoms with Crippen LogP contribution in [0.4, 0.5) is 5.69 Å². The van der Waals surface area contributed by atoms with Crippen molar-refractivity contribution in [3.8, 4) is 5.75 Å². The van der Waals surface area contributed by atoms with Crippen LogP contribution in [0.15, 0.2) is 28.5 Å². The van der Waals surface area contributed by atoms with Crippen LogP contribution in [0.25, 0.3) is 0 Å². The lowest BCUT2D eigenvalue weighted by molar-refractivity contribution is 0.0694. The smallest absolute Gasteiger partial charge is 0.339 e. The van der Waals surface area contributed by atoms with E-state index in [0.717, 1.165) is 23.5 Å². The van der Waals surface area contributed by atoms with Crippen molar-refractivity contribution in [2.45, 2.75) is 11.1 Å². The highest BCUT2D eigenvalue weighted by molar-refractivity contribution is 7.94. The third-order valence-corrected chi connectivity index (χ3v) is 5.99. The number of aromatic carboxylic acids is 1. The SMILES string of the molecule is Cc1cc(S(=O)(=O)Nc2ccc(C(=O)O)c(O)c2)sc1Cl. The van der Waals surface area contributed by atoms with Crippen LogP contribution < -0.4 is 4.72 Å². The van der Waals surface area contributed by atoms with Crippen molar-refractivity contribution in [2.24, 2.45) is 0 Å². The molecule has 2 aromatic rings. The average molecular weight is 348 g/mol. The number of thiophene rings is 1. The Balaban J connectivity index is 2.33. The zero-order valence-electron chi connectivity index (χ0n) is 10.6. The molecule has 3 N–H and O–H groups in total. The summed E-state index contributed by atoms with van der Waals surface area (Å²) in [6.45, 7) is 1.69. The molecular formula is C12H10ClNO5S2. The third-order valence-electron chi connectivity index (χ3n) is 2.58. The predicted octanol–water partition coefficient (Wildman–Crippen LogP) is 2.91. The first-order valence-electron chi connectivity index (χ1n) is 5.56. The first-order valence-corrected chi connectivity index (χ1v) is 8.23. The summed E-state index contributed by atoms with van der Waals surface area (Å²) in [6.07, 6.45) is 0. The van der Waals surface area contributed by atoms with E-state index in [1.165, 1.54) is 12.1 Å². The zero-order chi connectivity index (χ0) is 15.8. The number of halogens is 1. The summed E-state index contributed by atoms with van der Waals surface area (Å²) in [4.78, 5) is 10.8. The van der Waals surface area contributed by atoms with E-state index in [4.69, 9.17) is 16.7 Å². The van der Waals surface area contributed by atoms with Gasteiger partial charge in [0.15, 0.2) is 0 Å². The summed E-state index contributed by atoms with van der Waals surface area (Å²) in [5.74, 6) is -1.83. The highest BCUT2D eigenvalue weighted by Crippen LogP contribution is 2.32. The Hall–Kier alpha value is -1.77. The number of benzene rings is 1. The molecule has 0 fully saturated rings. The Morgan fingerprint density at radius 1 is 1.33 bits per heavy atom. The van der Waals surface area contributed by atoms with Crippen LogP contribution >= 0.6 is 22.9 Å². The molecule has 0 saturated heterocycles. The molecule has 0 bridgehead atoms. The molecule has 0 unspecified atom stereocenters. The molecule has 0 amide bonds. The lowest BCUT2D eigenvalue weighted by Gasteiger charge is -2.07. The van der Waals surface area contributed by atoms with Gasteiger partial charge in [-0.1, -0.05) is 11.6 Å². The Bertz CT molecular complexity index is 794. The molecule has 6 nitrogen and oxygen atoms in total. The zero-order valence-corrected chi connectivity index (χ0v) is 13.0. The second-order valence-corrected chi connectivity index (χ2v) is 7.73. The predicted molar refractivity (Wildman–Crippen MR) is 79.9 cm³/mol. The molecule has 112 valence electrons. The second kappa shape index (κ2) is 5.55. The molecule has 1 aromatic heterocycles. The minimum atomic E-state index is -3.84. The summed E-state index contributed by atoms with van der Waals surface area (Å²) in [5.41, 5.74) is 0.388. The van der Waals surface area contributed by atoms with Crippen LogP contribution in [0.2, 0.25) is 4.34 Å². The largest absolute Gasteiger partial charge is 0.507 e. The van der Waals surface area contributed by atoms with Gasteiger partial charge in [0.1, 0.15) is 15.5 Å². The number of hydrogen-bond donors (Lipinski definition) is 3. The van der Waals surface area contributed by atoms with Gasteiger partial charge in [-0.15, -0.1) is 11.3 Å². The van der Waals surface area contributed by atoms with Gasteiger partial charge >= 0.3 is 5.97 Å². The Kier molecular flexibility index (Phi) is 4.13. The standard InChI is InChI=1S/C12H10ClNO5S2/c1-6-4-10(20-11(6)13)21(18,19)14-7-2-3-8(12(16)17)9(15)5-7/h2-5,14-15H,1H3,(H,16,17). The van der Waals surface area contributed by atoms with Gasteiger partial charge in [-0.2, -0.15) is 0 Å². The van der Waals surface area contributed by atoms with Crippen LogP contribution in [0, 0.1) is 6.92 Å². The lowest BCUT2D eigenvalue weighted by Crippen LogP contribution is -2.11. The van der Waals surface area contributed by atoms with Gasteiger partial charge in [-0.05, 0) is 30.7 Å². The molecule has 0 aliphatic rings. The summed E-state index contributed by atoms with van der Waals surface area (Å²) < 4.78 is 26.9. The maximum Gasteiger partial charge on any atom is 0.339 e. The van der Waals surface area contributed by atoms with Crippen molar-refractivity contribution in [3.63, 3.8) is 0 Å². The second-order valence-electron chi connectivity index (χ2n) is 4.16. The van der Waals surface area contributed by atoms with E-state index in [9.17, 15) is 18.3 Å². The first kappa shape index (κ1) is 15.6. The molecule has 0 aliphatic carbocycles. The van der Waals surface area contributed by atoms with Crippen molar-refractivity contribution >= 4 is 44.6 Å². The van der Waals surface area contributed by atoms with Crippen molar-refractivity contribution < 1.29 is 23.4 Å². The van der Waals surface area contributed by atoms with Gasteiger partial charge in [0.25, 0.3) is 10.0 Å². The van der Waals surface area contributed by atoms with Crippen LogP contribution in [-0.2, 0) is 10.0 Å². The number of phenols is 1. The highest BCUT2D eigenvalue weighted by Gasteiger charge is 2.19. The van der Waals surface area contributed by atoms with Crippen molar-refractivity contribution in [3.05, 3.63) is 39.7 Å². The van der Waals surface area contributed by atoms with Gasteiger partial charge in [-0.3, -0.25) is 4.72 Å². The van der Waals surface area contributed by atoms with Gasteiger partial charge in [0, 0.05) is 6.07 Å². The van der Waals surface area contributed by atoms with E-state index in [1.54, 1.807) is 6.92 Å². The van der Waals surface area contributed by atoms with Crippen LogP contribution in [0.5, 0.6) is 5.75 Å². The van der Waals surface area contributed by atoms with Gasteiger partial charge < -0.3 is 10.2 Å². The van der Waals surface area contributed by atoms with Gasteiger partial charge in [0.05, 0.1) is 10.0 Å². The summed E-state index contributed by atoms with van der Waals surface area (Å²) in [5, 5.41) is 18.3. The van der Waals surface area contributed by atoms with Crippen LogP contribution in [0.3, 0.4) is 0 Å². The fraction of sp³-hybridized carbons (Fsp3) is 0.0833. The maximum atomic E-state index is 12.1. The normalized spacial score (nSPS) is 11.3. The Morgan fingerprint density at radius 2 is 2.00 bits per heavy atom. The quantitative estimate of drug-likeness (QED) is 0.788. The number of carbonyl (C=O) groups is 1. The molecule has 2 rings (SSSR count).